The molecule has 9 heteroatoms. The summed E-state index contributed by atoms with van der Waals surface area (Å²) in [5.41, 5.74) is 0. The number of hydrogen-bond donors (Lipinski definition) is 2. The van der Waals surface area contributed by atoms with Gasteiger partial charge in [-0.1, -0.05) is 31.5 Å². The molecular weight excluding hydrogens is 331 g/mol. The number of halogens is 2. The summed E-state index contributed by atoms with van der Waals surface area (Å²) in [6.45, 7) is 5.32. The van der Waals surface area contributed by atoms with Crippen molar-refractivity contribution in [3.05, 3.63) is 40.7 Å². The molecule has 0 saturated carbocycles. The van der Waals surface area contributed by atoms with Crippen molar-refractivity contribution in [3.8, 4) is 0 Å². The highest BCUT2D eigenvalue weighted by Gasteiger charge is 2.30. The SMILES string of the molecule is Cc1nc([C@H](NS(=O)(=O)c2c(F)cccc2Cl)C(C)C)n[nH]1. The van der Waals surface area contributed by atoms with E-state index in [-0.39, 0.29) is 10.9 Å². The minimum absolute atomic E-state index is 0.143. The van der Waals surface area contributed by atoms with Gasteiger partial charge >= 0.3 is 0 Å². The van der Waals surface area contributed by atoms with Crippen LogP contribution in [0.5, 0.6) is 0 Å². The molecule has 120 valence electrons. The fourth-order valence-electron chi connectivity index (χ4n) is 1.95. The van der Waals surface area contributed by atoms with Gasteiger partial charge in [0.05, 0.1) is 11.1 Å². The van der Waals surface area contributed by atoms with Crippen LogP contribution >= 0.6 is 11.6 Å². The van der Waals surface area contributed by atoms with Gasteiger partial charge in [-0.05, 0) is 25.0 Å². The zero-order chi connectivity index (χ0) is 16.5. The van der Waals surface area contributed by atoms with Gasteiger partial charge in [-0.2, -0.15) is 9.82 Å². The summed E-state index contributed by atoms with van der Waals surface area (Å²) >= 11 is 5.83. The van der Waals surface area contributed by atoms with Crippen molar-refractivity contribution in [3.63, 3.8) is 0 Å². The molecule has 0 aliphatic heterocycles. The maximum absolute atomic E-state index is 13.9. The smallest absolute Gasteiger partial charge is 0.245 e. The van der Waals surface area contributed by atoms with E-state index in [0.29, 0.717) is 11.6 Å². The average Bonchev–Trinajstić information content (AvgIpc) is 2.81. The van der Waals surface area contributed by atoms with Crippen molar-refractivity contribution < 1.29 is 12.8 Å². The van der Waals surface area contributed by atoms with Gasteiger partial charge in [-0.25, -0.2) is 17.8 Å². The lowest BCUT2D eigenvalue weighted by molar-refractivity contribution is 0.443. The van der Waals surface area contributed by atoms with E-state index in [1.807, 2.05) is 13.8 Å². The number of aryl methyl sites for hydroxylation is 1. The predicted octanol–water partition coefficient (Wildman–Crippen LogP) is 2.58. The molecule has 1 aromatic carbocycles. The Labute approximate surface area is 133 Å². The number of H-pyrrole nitrogens is 1. The van der Waals surface area contributed by atoms with Crippen molar-refractivity contribution in [1.82, 2.24) is 19.9 Å². The first-order valence-electron chi connectivity index (χ1n) is 6.57. The third-order valence-electron chi connectivity index (χ3n) is 3.03. The third-order valence-corrected chi connectivity index (χ3v) is 4.97. The van der Waals surface area contributed by atoms with Gasteiger partial charge in [0.1, 0.15) is 16.5 Å². The van der Waals surface area contributed by atoms with Gasteiger partial charge in [-0.3, -0.25) is 5.10 Å². The molecule has 0 spiro atoms. The van der Waals surface area contributed by atoms with Gasteiger partial charge < -0.3 is 0 Å². The predicted molar refractivity (Wildman–Crippen MR) is 80.4 cm³/mol. The summed E-state index contributed by atoms with van der Waals surface area (Å²) in [5.74, 6) is -0.198. The van der Waals surface area contributed by atoms with E-state index >= 15 is 0 Å². The number of aromatic amines is 1. The van der Waals surface area contributed by atoms with E-state index in [0.717, 1.165) is 6.07 Å². The Balaban J connectivity index is 2.41. The second-order valence-corrected chi connectivity index (χ2v) is 7.23. The standard InChI is InChI=1S/C13H16ClFN4O2S/c1-7(2)11(13-16-8(3)17-18-13)19-22(20,21)12-9(14)5-4-6-10(12)15/h4-7,11,19H,1-3H3,(H,16,17,18)/t11-/m1/s1. The summed E-state index contributed by atoms with van der Waals surface area (Å²) in [4.78, 5) is 3.56. The van der Waals surface area contributed by atoms with E-state index in [2.05, 4.69) is 19.9 Å². The lowest BCUT2D eigenvalue weighted by atomic mass is 10.1. The van der Waals surface area contributed by atoms with Crippen LogP contribution in [-0.2, 0) is 10.0 Å². The van der Waals surface area contributed by atoms with E-state index in [1.54, 1.807) is 6.92 Å². The Hall–Kier alpha value is -1.51. The number of hydrogen-bond acceptors (Lipinski definition) is 4. The van der Waals surface area contributed by atoms with Crippen LogP contribution in [0.25, 0.3) is 0 Å². The average molecular weight is 347 g/mol. The van der Waals surface area contributed by atoms with E-state index in [1.165, 1.54) is 12.1 Å². The first-order chi connectivity index (χ1) is 10.2. The van der Waals surface area contributed by atoms with Gasteiger partial charge in [0.15, 0.2) is 5.82 Å². The first-order valence-corrected chi connectivity index (χ1v) is 8.43. The summed E-state index contributed by atoms with van der Waals surface area (Å²) in [7, 11) is -4.16. The third kappa shape index (κ3) is 3.45. The Morgan fingerprint density at radius 1 is 1.36 bits per heavy atom. The molecule has 1 heterocycles. The maximum Gasteiger partial charge on any atom is 0.245 e. The molecule has 0 radical (unpaired) electrons. The summed E-state index contributed by atoms with van der Waals surface area (Å²) < 4.78 is 41.2. The van der Waals surface area contributed by atoms with Crippen LogP contribution in [-0.4, -0.2) is 23.6 Å². The van der Waals surface area contributed by atoms with E-state index < -0.39 is 26.8 Å². The highest BCUT2D eigenvalue weighted by molar-refractivity contribution is 7.89. The molecule has 2 rings (SSSR count). The quantitative estimate of drug-likeness (QED) is 0.871. The molecule has 1 aromatic heterocycles. The van der Waals surface area contributed by atoms with Crippen molar-refractivity contribution >= 4 is 21.6 Å². The number of aromatic nitrogens is 3. The zero-order valence-electron chi connectivity index (χ0n) is 12.3. The largest absolute Gasteiger partial charge is 0.263 e. The number of nitrogens with zero attached hydrogens (tertiary/aromatic N) is 2. The molecule has 0 fully saturated rings. The van der Waals surface area contributed by atoms with Crippen LogP contribution in [0, 0.1) is 18.7 Å². The highest BCUT2D eigenvalue weighted by atomic mass is 35.5. The molecule has 0 saturated heterocycles. The second kappa shape index (κ2) is 6.31. The van der Waals surface area contributed by atoms with Crippen LogP contribution in [0.4, 0.5) is 4.39 Å². The van der Waals surface area contributed by atoms with Gasteiger partial charge in [0.2, 0.25) is 10.0 Å². The molecule has 0 unspecified atom stereocenters. The zero-order valence-corrected chi connectivity index (χ0v) is 13.8. The van der Waals surface area contributed by atoms with E-state index in [9.17, 15) is 12.8 Å². The summed E-state index contributed by atoms with van der Waals surface area (Å²) in [5, 5.41) is 6.45. The van der Waals surface area contributed by atoms with Crippen LogP contribution in [0.3, 0.4) is 0 Å². The molecule has 0 aliphatic carbocycles. The van der Waals surface area contributed by atoms with Crippen molar-refractivity contribution in [2.45, 2.75) is 31.7 Å². The molecule has 6 nitrogen and oxygen atoms in total. The van der Waals surface area contributed by atoms with E-state index in [4.69, 9.17) is 11.6 Å². The first kappa shape index (κ1) is 16.9. The minimum Gasteiger partial charge on any atom is -0.263 e. The van der Waals surface area contributed by atoms with Crippen LogP contribution in [0.2, 0.25) is 5.02 Å². The van der Waals surface area contributed by atoms with Gasteiger partial charge in [0.25, 0.3) is 0 Å². The Morgan fingerprint density at radius 2 is 2.05 bits per heavy atom. The number of sulfonamides is 1. The molecule has 0 aliphatic rings. The minimum atomic E-state index is -4.16. The van der Waals surface area contributed by atoms with Crippen LogP contribution in [0.15, 0.2) is 23.1 Å². The van der Waals surface area contributed by atoms with Crippen molar-refractivity contribution in [2.24, 2.45) is 5.92 Å². The molecule has 0 amide bonds. The number of nitrogens with one attached hydrogen (secondary N) is 2. The lowest BCUT2D eigenvalue weighted by Crippen LogP contribution is -2.33. The molecule has 1 atom stereocenters. The molecular formula is C13H16ClFN4O2S. The number of benzene rings is 1. The normalized spacial score (nSPS) is 13.5. The Kier molecular flexibility index (Phi) is 4.84. The lowest BCUT2D eigenvalue weighted by Gasteiger charge is -2.20. The molecule has 0 bridgehead atoms. The molecule has 2 aromatic rings. The van der Waals surface area contributed by atoms with Gasteiger partial charge in [0, 0.05) is 0 Å². The fraction of sp³-hybridized carbons (Fsp3) is 0.385. The monoisotopic (exact) mass is 346 g/mol. The number of rotatable bonds is 5. The molecule has 2 N–H and O–H groups in total. The summed E-state index contributed by atoms with van der Waals surface area (Å²) in [6.07, 6.45) is 0. The topological polar surface area (TPSA) is 87.7 Å². The van der Waals surface area contributed by atoms with Crippen LogP contribution in [0.1, 0.15) is 31.5 Å². The maximum atomic E-state index is 13.9. The van der Waals surface area contributed by atoms with Crippen molar-refractivity contribution in [1.29, 1.82) is 0 Å². The second-order valence-electron chi connectivity index (χ2n) is 5.17. The van der Waals surface area contributed by atoms with Crippen molar-refractivity contribution in [2.75, 3.05) is 0 Å². The Morgan fingerprint density at radius 3 is 2.55 bits per heavy atom. The Bertz CT molecular complexity index is 756. The van der Waals surface area contributed by atoms with Crippen LogP contribution < -0.4 is 4.72 Å². The van der Waals surface area contributed by atoms with Gasteiger partial charge in [-0.15, -0.1) is 0 Å². The highest BCUT2D eigenvalue weighted by Crippen LogP contribution is 2.27. The summed E-state index contributed by atoms with van der Waals surface area (Å²) in [6, 6.07) is 3.00. The fourth-order valence-corrected chi connectivity index (χ4v) is 3.90. The molecule has 22 heavy (non-hydrogen) atoms.